The molecule has 1 aromatic carbocycles. The number of aromatic amines is 1. The van der Waals surface area contributed by atoms with Gasteiger partial charge in [-0.2, -0.15) is 5.10 Å². The van der Waals surface area contributed by atoms with Crippen LogP contribution in [-0.2, 0) is 6.42 Å². The Labute approximate surface area is 99.9 Å². The summed E-state index contributed by atoms with van der Waals surface area (Å²) in [6.45, 7) is 1.79. The first-order valence-electron chi connectivity index (χ1n) is 4.85. The van der Waals surface area contributed by atoms with E-state index in [1.54, 1.807) is 6.92 Å². The van der Waals surface area contributed by atoms with Crippen LogP contribution in [0.15, 0.2) is 12.1 Å². The molecule has 0 radical (unpaired) electrons. The second-order valence-electron chi connectivity index (χ2n) is 3.35. The third kappa shape index (κ3) is 1.97. The van der Waals surface area contributed by atoms with E-state index >= 15 is 0 Å². The minimum atomic E-state index is -1.24. The van der Waals surface area contributed by atoms with Gasteiger partial charge in [-0.15, -0.1) is 0 Å². The Bertz CT molecular complexity index is 618. The highest BCUT2D eigenvalue weighted by atomic mass is 32.1. The number of hydrogen-bond donors (Lipinski definition) is 1. The summed E-state index contributed by atoms with van der Waals surface area (Å²) >= 11 is 4.92. The van der Waals surface area contributed by atoms with E-state index < -0.39 is 17.5 Å². The Morgan fingerprint density at radius 2 is 1.88 bits per heavy atom. The molecule has 0 aliphatic carbocycles. The fourth-order valence-electron chi connectivity index (χ4n) is 1.50. The lowest BCUT2D eigenvalue weighted by molar-refractivity contribution is 0.492. The summed E-state index contributed by atoms with van der Waals surface area (Å²) < 4.78 is 40.9. The van der Waals surface area contributed by atoms with Gasteiger partial charge in [0.25, 0.3) is 0 Å². The Morgan fingerprint density at radius 3 is 2.53 bits per heavy atom. The first-order valence-corrected chi connectivity index (χ1v) is 5.26. The average molecular weight is 259 g/mol. The molecule has 1 heterocycles. The average Bonchev–Trinajstić information content (AvgIpc) is 2.65. The van der Waals surface area contributed by atoms with Gasteiger partial charge in [0.1, 0.15) is 11.6 Å². The number of hydrogen-bond acceptors (Lipinski definition) is 2. The van der Waals surface area contributed by atoms with Crippen LogP contribution in [0.25, 0.3) is 5.69 Å². The highest BCUT2D eigenvalue weighted by molar-refractivity contribution is 7.71. The molecule has 17 heavy (non-hydrogen) atoms. The standard InChI is InChI=1S/C10H8F3N3S/c1-2-9-14-15-10(17)16(9)8-4-6(12)5(11)3-7(8)13/h3-4H,2H2,1H3,(H,15,17). The maximum absolute atomic E-state index is 13.6. The first-order chi connectivity index (χ1) is 8.04. The van der Waals surface area contributed by atoms with E-state index in [0.717, 1.165) is 6.07 Å². The Morgan fingerprint density at radius 1 is 1.24 bits per heavy atom. The van der Waals surface area contributed by atoms with E-state index in [-0.39, 0.29) is 10.5 Å². The lowest BCUT2D eigenvalue weighted by atomic mass is 10.2. The van der Waals surface area contributed by atoms with Crippen molar-refractivity contribution in [3.63, 3.8) is 0 Å². The monoisotopic (exact) mass is 259 g/mol. The number of nitrogens with zero attached hydrogens (tertiary/aromatic N) is 2. The van der Waals surface area contributed by atoms with E-state index in [1.165, 1.54) is 4.57 Å². The minimum Gasteiger partial charge on any atom is -0.269 e. The number of H-pyrrole nitrogens is 1. The maximum Gasteiger partial charge on any atom is 0.199 e. The van der Waals surface area contributed by atoms with Gasteiger partial charge in [-0.3, -0.25) is 9.67 Å². The smallest absolute Gasteiger partial charge is 0.199 e. The van der Waals surface area contributed by atoms with Crippen LogP contribution in [0, 0.1) is 22.2 Å². The van der Waals surface area contributed by atoms with Crippen LogP contribution in [0.5, 0.6) is 0 Å². The number of aromatic nitrogens is 3. The fraction of sp³-hybridized carbons (Fsp3) is 0.200. The molecule has 0 unspecified atom stereocenters. The van der Waals surface area contributed by atoms with Gasteiger partial charge in [-0.25, -0.2) is 13.2 Å². The summed E-state index contributed by atoms with van der Waals surface area (Å²) in [7, 11) is 0. The normalized spacial score (nSPS) is 10.8. The van der Waals surface area contributed by atoms with Crippen molar-refractivity contribution in [2.24, 2.45) is 0 Å². The van der Waals surface area contributed by atoms with Crippen LogP contribution in [0.4, 0.5) is 13.2 Å². The quantitative estimate of drug-likeness (QED) is 0.664. The van der Waals surface area contributed by atoms with Gasteiger partial charge in [0.15, 0.2) is 16.4 Å². The van der Waals surface area contributed by atoms with Crippen molar-refractivity contribution in [3.05, 3.63) is 40.2 Å². The molecule has 3 nitrogen and oxygen atoms in total. The Balaban J connectivity index is 2.72. The molecule has 2 rings (SSSR count). The first kappa shape index (κ1) is 11.8. The number of aryl methyl sites for hydroxylation is 1. The maximum atomic E-state index is 13.6. The molecule has 0 aliphatic rings. The number of nitrogens with one attached hydrogen (secondary N) is 1. The molecule has 0 fully saturated rings. The lowest BCUT2D eigenvalue weighted by Gasteiger charge is -2.07. The van der Waals surface area contributed by atoms with Crippen LogP contribution in [-0.4, -0.2) is 14.8 Å². The van der Waals surface area contributed by atoms with E-state index in [2.05, 4.69) is 10.2 Å². The van der Waals surface area contributed by atoms with Crippen molar-refractivity contribution < 1.29 is 13.2 Å². The van der Waals surface area contributed by atoms with Crippen molar-refractivity contribution in [1.82, 2.24) is 14.8 Å². The second kappa shape index (κ2) is 4.33. The summed E-state index contributed by atoms with van der Waals surface area (Å²) in [5.74, 6) is -2.82. The zero-order valence-electron chi connectivity index (χ0n) is 8.80. The Hall–Kier alpha value is -1.63. The summed E-state index contributed by atoms with van der Waals surface area (Å²) in [5.41, 5.74) is -0.153. The lowest BCUT2D eigenvalue weighted by Crippen LogP contribution is -2.04. The molecule has 0 spiro atoms. The van der Waals surface area contributed by atoms with Crippen LogP contribution in [0.1, 0.15) is 12.7 Å². The summed E-state index contributed by atoms with van der Waals surface area (Å²) in [6, 6.07) is 1.24. The minimum absolute atomic E-state index is 0.131. The molecule has 1 aromatic heterocycles. The molecular weight excluding hydrogens is 251 g/mol. The van der Waals surface area contributed by atoms with Crippen LogP contribution in [0.3, 0.4) is 0 Å². The molecule has 0 aliphatic heterocycles. The third-order valence-corrected chi connectivity index (χ3v) is 2.56. The van der Waals surface area contributed by atoms with E-state index in [9.17, 15) is 13.2 Å². The second-order valence-corrected chi connectivity index (χ2v) is 3.74. The topological polar surface area (TPSA) is 33.6 Å². The van der Waals surface area contributed by atoms with E-state index in [0.29, 0.717) is 18.3 Å². The Kier molecular flexibility index (Phi) is 3.01. The molecule has 0 bridgehead atoms. The number of benzene rings is 1. The van der Waals surface area contributed by atoms with Gasteiger partial charge in [-0.1, -0.05) is 6.92 Å². The van der Waals surface area contributed by atoms with Crippen LogP contribution in [0.2, 0.25) is 0 Å². The summed E-state index contributed by atoms with van der Waals surface area (Å²) in [4.78, 5) is 0. The molecule has 0 amide bonds. The zero-order valence-corrected chi connectivity index (χ0v) is 9.61. The molecule has 0 saturated carbocycles. The van der Waals surface area contributed by atoms with Crippen molar-refractivity contribution in [1.29, 1.82) is 0 Å². The van der Waals surface area contributed by atoms with Gasteiger partial charge >= 0.3 is 0 Å². The largest absolute Gasteiger partial charge is 0.269 e. The number of halogens is 3. The molecular formula is C10H8F3N3S. The van der Waals surface area contributed by atoms with Crippen molar-refractivity contribution in [3.8, 4) is 5.69 Å². The highest BCUT2D eigenvalue weighted by Gasteiger charge is 2.15. The highest BCUT2D eigenvalue weighted by Crippen LogP contribution is 2.19. The fourth-order valence-corrected chi connectivity index (χ4v) is 1.75. The van der Waals surface area contributed by atoms with Crippen molar-refractivity contribution in [2.75, 3.05) is 0 Å². The van der Waals surface area contributed by atoms with Gasteiger partial charge < -0.3 is 0 Å². The number of rotatable bonds is 2. The van der Waals surface area contributed by atoms with E-state index in [1.807, 2.05) is 0 Å². The SMILES string of the molecule is CCc1n[nH]c(=S)n1-c1cc(F)c(F)cc1F. The van der Waals surface area contributed by atoms with Crippen molar-refractivity contribution in [2.45, 2.75) is 13.3 Å². The zero-order chi connectivity index (χ0) is 12.6. The predicted octanol–water partition coefficient (Wildman–Crippen LogP) is 2.91. The van der Waals surface area contributed by atoms with Crippen LogP contribution < -0.4 is 0 Å². The van der Waals surface area contributed by atoms with Crippen molar-refractivity contribution >= 4 is 12.2 Å². The van der Waals surface area contributed by atoms with E-state index in [4.69, 9.17) is 12.2 Å². The molecule has 0 atom stereocenters. The molecule has 0 saturated heterocycles. The molecule has 2 aromatic rings. The van der Waals surface area contributed by atoms with Gasteiger partial charge in [0.2, 0.25) is 0 Å². The van der Waals surface area contributed by atoms with Gasteiger partial charge in [0.05, 0.1) is 5.69 Å². The summed E-state index contributed by atoms with van der Waals surface area (Å²) in [6.07, 6.45) is 0.478. The summed E-state index contributed by atoms with van der Waals surface area (Å²) in [5, 5.41) is 6.35. The molecule has 90 valence electrons. The predicted molar refractivity (Wildman–Crippen MR) is 58.0 cm³/mol. The molecule has 7 heteroatoms. The molecule has 1 N–H and O–H groups in total. The van der Waals surface area contributed by atoms with Crippen LogP contribution >= 0.6 is 12.2 Å². The van der Waals surface area contributed by atoms with Gasteiger partial charge in [-0.05, 0) is 12.2 Å². The van der Waals surface area contributed by atoms with Gasteiger partial charge in [0, 0.05) is 18.6 Å². The third-order valence-electron chi connectivity index (χ3n) is 2.29.